The quantitative estimate of drug-likeness (QED) is 0.685. The number of pyridine rings is 1. The second kappa shape index (κ2) is 7.11. The third-order valence-electron chi connectivity index (χ3n) is 6.67. The van der Waals surface area contributed by atoms with Crippen LogP contribution in [0.25, 0.3) is 11.0 Å². The van der Waals surface area contributed by atoms with Crippen molar-refractivity contribution >= 4 is 11.0 Å². The topological polar surface area (TPSA) is 46.3 Å². The lowest BCUT2D eigenvalue weighted by Crippen LogP contribution is -2.51. The lowest BCUT2D eigenvalue weighted by Gasteiger charge is -2.47. The molecule has 6 heteroatoms. The standard InChI is InChI=1S/C23H29N5O/c1-25(2)14-21-17-11-16(19-9-6-10-23(29)28(19)21)12-27(13-17)15-22-24-18-7-4-5-8-20(18)26(22)3/h4-10,16-17,21H,11-15H2,1-3H3/t16-,17+,21+/m1/s1. The third kappa shape index (κ3) is 3.20. The van der Waals surface area contributed by atoms with Crippen LogP contribution in [-0.4, -0.2) is 57.6 Å². The van der Waals surface area contributed by atoms with Crippen molar-refractivity contribution < 1.29 is 0 Å². The minimum atomic E-state index is 0.146. The number of benzene rings is 1. The Hall–Kier alpha value is -2.44. The van der Waals surface area contributed by atoms with Gasteiger partial charge in [-0.15, -0.1) is 0 Å². The number of imidazole rings is 1. The van der Waals surface area contributed by atoms with Gasteiger partial charge in [0.2, 0.25) is 0 Å². The average Bonchev–Trinajstić information content (AvgIpc) is 3.01. The summed E-state index contributed by atoms with van der Waals surface area (Å²) >= 11 is 0. The number of likely N-dealkylation sites (N-methyl/N-ethyl adjacent to an activating group) is 1. The van der Waals surface area contributed by atoms with E-state index in [0.29, 0.717) is 11.8 Å². The lowest BCUT2D eigenvalue weighted by molar-refractivity contribution is 0.0724. The van der Waals surface area contributed by atoms with Crippen LogP contribution in [0.2, 0.25) is 0 Å². The van der Waals surface area contributed by atoms with E-state index in [1.807, 2.05) is 12.1 Å². The van der Waals surface area contributed by atoms with Crippen molar-refractivity contribution in [2.75, 3.05) is 33.7 Å². The van der Waals surface area contributed by atoms with Crippen LogP contribution >= 0.6 is 0 Å². The lowest BCUT2D eigenvalue weighted by atomic mass is 9.78. The van der Waals surface area contributed by atoms with E-state index in [1.165, 1.54) is 17.6 Å². The molecule has 29 heavy (non-hydrogen) atoms. The van der Waals surface area contributed by atoms with Gasteiger partial charge < -0.3 is 14.0 Å². The molecule has 2 aliphatic heterocycles. The maximum absolute atomic E-state index is 12.7. The molecule has 0 N–H and O–H groups in total. The largest absolute Gasteiger partial charge is 0.330 e. The highest BCUT2D eigenvalue weighted by molar-refractivity contribution is 5.75. The minimum absolute atomic E-state index is 0.146. The predicted molar refractivity (Wildman–Crippen MR) is 115 cm³/mol. The highest BCUT2D eigenvalue weighted by atomic mass is 16.1. The Balaban J connectivity index is 1.47. The summed E-state index contributed by atoms with van der Waals surface area (Å²) in [6.07, 6.45) is 1.17. The van der Waals surface area contributed by atoms with Gasteiger partial charge in [0.1, 0.15) is 5.82 Å². The first-order valence-electron chi connectivity index (χ1n) is 10.5. The number of likely N-dealkylation sites (tertiary alicyclic amines) is 1. The van der Waals surface area contributed by atoms with Crippen molar-refractivity contribution in [2.24, 2.45) is 13.0 Å². The van der Waals surface area contributed by atoms with Crippen molar-refractivity contribution in [3.05, 3.63) is 64.3 Å². The first kappa shape index (κ1) is 18.6. The SMILES string of the molecule is CN(C)C[C@H]1[C@H]2C[C@H](CN(Cc3nc4ccccc4n3C)C2)c2cccc(=O)n21. The highest BCUT2D eigenvalue weighted by Gasteiger charge is 2.40. The molecular formula is C23H29N5O. The first-order valence-corrected chi connectivity index (χ1v) is 10.5. The summed E-state index contributed by atoms with van der Waals surface area (Å²) in [5.74, 6) is 2.01. The molecule has 5 rings (SSSR count). The first-order chi connectivity index (χ1) is 14.0. The maximum Gasteiger partial charge on any atom is 0.251 e. The zero-order valence-electron chi connectivity index (χ0n) is 17.5. The predicted octanol–water partition coefficient (Wildman–Crippen LogP) is 2.46. The molecule has 2 aliphatic rings. The van der Waals surface area contributed by atoms with E-state index in [1.54, 1.807) is 6.07 Å². The molecule has 0 saturated carbocycles. The van der Waals surface area contributed by atoms with E-state index in [9.17, 15) is 4.79 Å². The number of fused-ring (bicyclic) bond motifs is 5. The van der Waals surface area contributed by atoms with Gasteiger partial charge in [-0.1, -0.05) is 18.2 Å². The zero-order chi connectivity index (χ0) is 20.1. The van der Waals surface area contributed by atoms with Gasteiger partial charge in [-0.05, 0) is 44.6 Å². The van der Waals surface area contributed by atoms with Crippen molar-refractivity contribution in [1.82, 2.24) is 23.9 Å². The number of rotatable bonds is 4. The van der Waals surface area contributed by atoms with Crippen LogP contribution in [0.15, 0.2) is 47.3 Å². The number of nitrogens with zero attached hydrogens (tertiary/aromatic N) is 5. The fraction of sp³-hybridized carbons (Fsp3) is 0.478. The molecule has 3 aromatic rings. The number of para-hydroxylation sites is 2. The Labute approximate surface area is 171 Å². The number of aryl methyl sites for hydroxylation is 1. The van der Waals surface area contributed by atoms with Gasteiger partial charge in [0.15, 0.2) is 0 Å². The molecule has 0 unspecified atom stereocenters. The molecule has 3 atom stereocenters. The van der Waals surface area contributed by atoms with Crippen LogP contribution in [0.5, 0.6) is 0 Å². The van der Waals surface area contributed by atoms with E-state index < -0.39 is 0 Å². The van der Waals surface area contributed by atoms with Crippen LogP contribution in [0.3, 0.4) is 0 Å². The normalized spacial score (nSPS) is 24.2. The Morgan fingerprint density at radius 1 is 1.10 bits per heavy atom. The Morgan fingerprint density at radius 3 is 2.72 bits per heavy atom. The molecule has 1 fully saturated rings. The second-order valence-corrected chi connectivity index (χ2v) is 8.95. The van der Waals surface area contributed by atoms with Gasteiger partial charge in [-0.3, -0.25) is 9.69 Å². The van der Waals surface area contributed by atoms with Crippen LogP contribution in [0.1, 0.15) is 29.9 Å². The molecule has 0 spiro atoms. The molecule has 2 bridgehead atoms. The van der Waals surface area contributed by atoms with Gasteiger partial charge in [-0.25, -0.2) is 4.98 Å². The van der Waals surface area contributed by atoms with E-state index in [-0.39, 0.29) is 11.6 Å². The Morgan fingerprint density at radius 2 is 1.93 bits per heavy atom. The molecule has 1 aromatic carbocycles. The Bertz CT molecular complexity index is 1100. The summed E-state index contributed by atoms with van der Waals surface area (Å²) in [7, 11) is 6.30. The van der Waals surface area contributed by atoms with Crippen LogP contribution < -0.4 is 5.56 Å². The van der Waals surface area contributed by atoms with Gasteiger partial charge in [0.25, 0.3) is 5.56 Å². The summed E-state index contributed by atoms with van der Waals surface area (Å²) in [6, 6.07) is 14.4. The van der Waals surface area contributed by atoms with Crippen molar-refractivity contribution in [3.63, 3.8) is 0 Å². The van der Waals surface area contributed by atoms with E-state index >= 15 is 0 Å². The summed E-state index contributed by atoms with van der Waals surface area (Å²) < 4.78 is 4.31. The zero-order valence-corrected chi connectivity index (χ0v) is 17.5. The molecule has 152 valence electrons. The van der Waals surface area contributed by atoms with Crippen LogP contribution in [0, 0.1) is 5.92 Å². The number of aromatic nitrogens is 3. The molecule has 0 amide bonds. The molecule has 0 radical (unpaired) electrons. The van der Waals surface area contributed by atoms with Gasteiger partial charge in [-0.2, -0.15) is 0 Å². The summed E-state index contributed by atoms with van der Waals surface area (Å²) in [5, 5.41) is 0. The molecular weight excluding hydrogens is 362 g/mol. The van der Waals surface area contributed by atoms with Crippen molar-refractivity contribution in [1.29, 1.82) is 0 Å². The fourth-order valence-corrected chi connectivity index (χ4v) is 5.41. The maximum atomic E-state index is 12.7. The van der Waals surface area contributed by atoms with E-state index in [2.05, 4.69) is 64.3 Å². The minimum Gasteiger partial charge on any atom is -0.330 e. The van der Waals surface area contributed by atoms with Gasteiger partial charge >= 0.3 is 0 Å². The third-order valence-corrected chi connectivity index (χ3v) is 6.67. The van der Waals surface area contributed by atoms with Crippen LogP contribution in [-0.2, 0) is 13.6 Å². The fourth-order valence-electron chi connectivity index (χ4n) is 5.41. The number of hydrogen-bond acceptors (Lipinski definition) is 4. The van der Waals surface area contributed by atoms with Gasteiger partial charge in [0.05, 0.1) is 23.6 Å². The summed E-state index contributed by atoms with van der Waals surface area (Å²) in [4.78, 5) is 22.4. The van der Waals surface area contributed by atoms with Crippen LogP contribution in [0.4, 0.5) is 0 Å². The number of hydrogen-bond donors (Lipinski definition) is 0. The van der Waals surface area contributed by atoms with E-state index in [0.717, 1.165) is 37.5 Å². The molecule has 0 aliphatic carbocycles. The van der Waals surface area contributed by atoms with Crippen molar-refractivity contribution in [3.8, 4) is 0 Å². The van der Waals surface area contributed by atoms with Gasteiger partial charge in [0, 0.05) is 44.4 Å². The summed E-state index contributed by atoms with van der Waals surface area (Å²) in [5.41, 5.74) is 3.59. The van der Waals surface area contributed by atoms with Crippen molar-refractivity contribution in [2.45, 2.75) is 24.9 Å². The monoisotopic (exact) mass is 391 g/mol. The molecule has 4 heterocycles. The average molecular weight is 392 g/mol. The second-order valence-electron chi connectivity index (χ2n) is 8.95. The smallest absolute Gasteiger partial charge is 0.251 e. The molecule has 6 nitrogen and oxygen atoms in total. The molecule has 1 saturated heterocycles. The molecule has 2 aromatic heterocycles. The Kier molecular flexibility index (Phi) is 4.56. The van der Waals surface area contributed by atoms with E-state index in [4.69, 9.17) is 4.98 Å². The highest BCUT2D eigenvalue weighted by Crippen LogP contribution is 2.41. The summed E-state index contributed by atoms with van der Waals surface area (Å²) in [6.45, 7) is 3.75. The number of piperidine rings is 1.